The van der Waals surface area contributed by atoms with Crippen LogP contribution < -0.4 is 5.32 Å². The Labute approximate surface area is 94.6 Å². The zero-order chi connectivity index (χ0) is 12.3. The van der Waals surface area contributed by atoms with E-state index in [-0.39, 0.29) is 18.7 Å². The largest absolute Gasteiger partial charge is 0.480 e. The van der Waals surface area contributed by atoms with E-state index in [0.717, 1.165) is 0 Å². The zero-order valence-corrected chi connectivity index (χ0v) is 9.82. The second kappa shape index (κ2) is 4.69. The van der Waals surface area contributed by atoms with Gasteiger partial charge in [-0.2, -0.15) is 0 Å². The monoisotopic (exact) mass is 230 g/mol. The van der Waals surface area contributed by atoms with Crippen molar-refractivity contribution < 1.29 is 19.4 Å². The van der Waals surface area contributed by atoms with Crippen LogP contribution in [-0.4, -0.2) is 53.3 Å². The van der Waals surface area contributed by atoms with Gasteiger partial charge in [0.2, 0.25) is 0 Å². The quantitative estimate of drug-likeness (QED) is 0.727. The van der Waals surface area contributed by atoms with Gasteiger partial charge in [-0.05, 0) is 20.8 Å². The number of amides is 2. The Morgan fingerprint density at radius 3 is 2.50 bits per heavy atom. The number of hydrogen-bond acceptors (Lipinski definition) is 3. The highest BCUT2D eigenvalue weighted by Crippen LogP contribution is 2.24. The van der Waals surface area contributed by atoms with E-state index >= 15 is 0 Å². The van der Waals surface area contributed by atoms with E-state index in [2.05, 4.69) is 5.32 Å². The maximum absolute atomic E-state index is 11.5. The van der Waals surface area contributed by atoms with Crippen LogP contribution >= 0.6 is 0 Å². The van der Waals surface area contributed by atoms with Gasteiger partial charge < -0.3 is 20.1 Å². The van der Waals surface area contributed by atoms with Gasteiger partial charge in [0.05, 0.1) is 13.1 Å². The molecule has 1 rings (SSSR count). The molecule has 1 fully saturated rings. The van der Waals surface area contributed by atoms with E-state index in [1.807, 2.05) is 13.8 Å². The topological polar surface area (TPSA) is 78.9 Å². The van der Waals surface area contributed by atoms with E-state index in [4.69, 9.17) is 9.84 Å². The highest BCUT2D eigenvalue weighted by Gasteiger charge is 2.42. The summed E-state index contributed by atoms with van der Waals surface area (Å²) in [5.41, 5.74) is -0.521. The Morgan fingerprint density at radius 1 is 1.50 bits per heavy atom. The van der Waals surface area contributed by atoms with Crippen molar-refractivity contribution in [3.63, 3.8) is 0 Å². The van der Waals surface area contributed by atoms with Crippen molar-refractivity contribution in [2.45, 2.75) is 32.4 Å². The van der Waals surface area contributed by atoms with E-state index < -0.39 is 11.6 Å². The molecule has 1 saturated heterocycles. The number of nitrogens with one attached hydrogen (secondary N) is 1. The number of carbonyl (C=O) groups is 2. The lowest BCUT2D eigenvalue weighted by Gasteiger charge is -2.47. The number of carboxylic acids is 1. The van der Waals surface area contributed by atoms with Crippen LogP contribution in [0.1, 0.15) is 20.8 Å². The SMILES string of the molecule is CC(C)NC(=O)N1CC(C)(OCC(=O)O)C1. The Hall–Kier alpha value is -1.30. The van der Waals surface area contributed by atoms with E-state index in [1.54, 1.807) is 11.8 Å². The van der Waals surface area contributed by atoms with Gasteiger partial charge in [-0.1, -0.05) is 0 Å². The smallest absolute Gasteiger partial charge is 0.329 e. The molecule has 16 heavy (non-hydrogen) atoms. The Morgan fingerprint density at radius 2 is 2.06 bits per heavy atom. The molecule has 92 valence electrons. The Bertz CT molecular complexity index is 285. The van der Waals surface area contributed by atoms with Crippen LogP contribution in [0.25, 0.3) is 0 Å². The molecule has 1 aliphatic rings. The van der Waals surface area contributed by atoms with Gasteiger partial charge >= 0.3 is 12.0 Å². The first-order chi connectivity index (χ1) is 7.32. The van der Waals surface area contributed by atoms with Crippen LogP contribution in [0.3, 0.4) is 0 Å². The number of carbonyl (C=O) groups excluding carboxylic acids is 1. The summed E-state index contributed by atoms with van der Waals surface area (Å²) < 4.78 is 5.19. The van der Waals surface area contributed by atoms with Crippen molar-refractivity contribution >= 4 is 12.0 Å². The molecular weight excluding hydrogens is 212 g/mol. The lowest BCUT2D eigenvalue weighted by atomic mass is 9.97. The van der Waals surface area contributed by atoms with Gasteiger partial charge in [0.15, 0.2) is 0 Å². The molecule has 1 heterocycles. The number of urea groups is 1. The van der Waals surface area contributed by atoms with Gasteiger partial charge in [0, 0.05) is 6.04 Å². The van der Waals surface area contributed by atoms with Crippen LogP contribution in [0.2, 0.25) is 0 Å². The standard InChI is InChI=1S/C10H18N2O4/c1-7(2)11-9(15)12-5-10(3,6-12)16-4-8(13)14/h7H,4-6H2,1-3H3,(H,11,15)(H,13,14). The molecule has 0 bridgehead atoms. The number of ether oxygens (including phenoxy) is 1. The first-order valence-electron chi connectivity index (χ1n) is 5.23. The molecule has 0 aromatic rings. The van der Waals surface area contributed by atoms with Crippen molar-refractivity contribution in [3.05, 3.63) is 0 Å². The summed E-state index contributed by atoms with van der Waals surface area (Å²) in [5.74, 6) is -0.994. The summed E-state index contributed by atoms with van der Waals surface area (Å²) in [6.45, 7) is 6.11. The minimum atomic E-state index is -0.994. The third-order valence-electron chi connectivity index (χ3n) is 2.29. The van der Waals surface area contributed by atoms with E-state index in [9.17, 15) is 9.59 Å². The molecule has 2 N–H and O–H groups in total. The van der Waals surface area contributed by atoms with Crippen LogP contribution in [-0.2, 0) is 9.53 Å². The highest BCUT2D eigenvalue weighted by atomic mass is 16.5. The number of rotatable bonds is 4. The molecule has 6 nitrogen and oxygen atoms in total. The molecule has 0 saturated carbocycles. The predicted molar refractivity (Wildman–Crippen MR) is 57.2 cm³/mol. The number of hydrogen-bond donors (Lipinski definition) is 2. The lowest BCUT2D eigenvalue weighted by molar-refractivity contribution is -0.159. The van der Waals surface area contributed by atoms with Crippen molar-refractivity contribution in [1.82, 2.24) is 10.2 Å². The molecule has 0 radical (unpaired) electrons. The summed E-state index contributed by atoms with van der Waals surface area (Å²) in [7, 11) is 0. The minimum Gasteiger partial charge on any atom is -0.480 e. The Balaban J connectivity index is 2.30. The summed E-state index contributed by atoms with van der Waals surface area (Å²) in [4.78, 5) is 23.4. The second-order valence-electron chi connectivity index (χ2n) is 4.59. The molecule has 0 spiro atoms. The van der Waals surface area contributed by atoms with Crippen molar-refractivity contribution in [2.75, 3.05) is 19.7 Å². The molecule has 0 atom stereocenters. The number of nitrogens with zero attached hydrogens (tertiary/aromatic N) is 1. The lowest BCUT2D eigenvalue weighted by Crippen LogP contribution is -2.65. The number of carboxylic acid groups (broad SMARTS) is 1. The molecule has 2 amide bonds. The molecule has 1 aliphatic heterocycles. The summed E-state index contributed by atoms with van der Waals surface area (Å²) in [6, 6.07) is -0.0364. The van der Waals surface area contributed by atoms with Crippen LogP contribution in [0, 0.1) is 0 Å². The zero-order valence-electron chi connectivity index (χ0n) is 9.82. The first-order valence-corrected chi connectivity index (χ1v) is 5.23. The van der Waals surface area contributed by atoms with Crippen LogP contribution in [0.15, 0.2) is 0 Å². The third kappa shape index (κ3) is 3.37. The maximum atomic E-state index is 11.5. The maximum Gasteiger partial charge on any atom is 0.329 e. The fourth-order valence-electron chi connectivity index (χ4n) is 1.57. The van der Waals surface area contributed by atoms with Crippen molar-refractivity contribution in [2.24, 2.45) is 0 Å². The molecule has 6 heteroatoms. The van der Waals surface area contributed by atoms with E-state index in [1.165, 1.54) is 0 Å². The predicted octanol–water partition coefficient (Wildman–Crippen LogP) is 0.280. The van der Waals surface area contributed by atoms with Gasteiger partial charge in [0.1, 0.15) is 12.2 Å². The van der Waals surface area contributed by atoms with E-state index in [0.29, 0.717) is 13.1 Å². The molecule has 0 aromatic carbocycles. The molecular formula is C10H18N2O4. The van der Waals surface area contributed by atoms with Crippen LogP contribution in [0.5, 0.6) is 0 Å². The van der Waals surface area contributed by atoms with Gasteiger partial charge in [-0.3, -0.25) is 0 Å². The summed E-state index contributed by atoms with van der Waals surface area (Å²) in [5, 5.41) is 11.2. The molecule has 0 aliphatic carbocycles. The second-order valence-corrected chi connectivity index (χ2v) is 4.59. The number of likely N-dealkylation sites (tertiary alicyclic amines) is 1. The fraction of sp³-hybridized carbons (Fsp3) is 0.800. The third-order valence-corrected chi connectivity index (χ3v) is 2.29. The van der Waals surface area contributed by atoms with Gasteiger partial charge in [-0.25, -0.2) is 9.59 Å². The summed E-state index contributed by atoms with van der Waals surface area (Å²) in [6.07, 6.45) is 0. The minimum absolute atomic E-state index is 0.0966. The molecule has 0 unspecified atom stereocenters. The highest BCUT2D eigenvalue weighted by molar-refractivity contribution is 5.75. The van der Waals surface area contributed by atoms with Crippen molar-refractivity contribution in [1.29, 1.82) is 0 Å². The normalized spacial score (nSPS) is 18.1. The number of aliphatic carboxylic acids is 1. The fourth-order valence-corrected chi connectivity index (χ4v) is 1.57. The Kier molecular flexibility index (Phi) is 3.74. The van der Waals surface area contributed by atoms with Crippen LogP contribution in [0.4, 0.5) is 4.79 Å². The van der Waals surface area contributed by atoms with Crippen molar-refractivity contribution in [3.8, 4) is 0 Å². The van der Waals surface area contributed by atoms with Gasteiger partial charge in [-0.15, -0.1) is 0 Å². The average Bonchev–Trinajstić information content (AvgIpc) is 2.09. The molecule has 0 aromatic heterocycles. The summed E-state index contributed by atoms with van der Waals surface area (Å²) >= 11 is 0. The average molecular weight is 230 g/mol. The van der Waals surface area contributed by atoms with Gasteiger partial charge in [0.25, 0.3) is 0 Å². The first kappa shape index (κ1) is 12.8.